The lowest BCUT2D eigenvalue weighted by molar-refractivity contribution is -0.183. The molecule has 0 aliphatic carbocycles. The summed E-state index contributed by atoms with van der Waals surface area (Å²) in [6, 6.07) is 0. The Morgan fingerprint density at radius 1 is 0.418 bits per heavy atom. The van der Waals surface area contributed by atoms with Crippen LogP contribution in [0.4, 0.5) is 0 Å². The van der Waals surface area contributed by atoms with E-state index in [2.05, 4.69) is 54.4 Å². The molecule has 0 saturated carbocycles. The van der Waals surface area contributed by atoms with Gasteiger partial charge in [0.25, 0.3) is 0 Å². The average Bonchev–Trinajstić information content (AvgIpc) is 3.06. The van der Waals surface area contributed by atoms with E-state index in [1.165, 1.54) is 68.4 Å². The lowest BCUT2D eigenvalue weighted by atomic mass is 9.90. The van der Waals surface area contributed by atoms with Gasteiger partial charge in [0.05, 0.1) is 18.6 Å². The van der Waals surface area contributed by atoms with Crippen LogP contribution in [-0.4, -0.2) is 114 Å². The fourth-order valence-corrected chi connectivity index (χ4v) is 3.78. The number of carbonyl (C=O) groups is 7. The van der Waals surface area contributed by atoms with Crippen LogP contribution in [0.5, 0.6) is 0 Å². The third-order valence-electron chi connectivity index (χ3n) is 7.37. The minimum atomic E-state index is -1.87. The molecule has 55 heavy (non-hydrogen) atoms. The highest BCUT2D eigenvalue weighted by atomic mass is 79.9. The van der Waals surface area contributed by atoms with E-state index in [-0.39, 0.29) is 19.8 Å². The fraction of sp³-hybridized carbons (Fsp3) is 0.757. The first-order valence-electron chi connectivity index (χ1n) is 17.2. The Hall–Kier alpha value is -2.57. The molecule has 0 amide bonds. The quantitative estimate of drug-likeness (QED) is 0.0405. The summed E-state index contributed by atoms with van der Waals surface area (Å²) >= 11 is 9.60. The number of halogens is 3. The van der Waals surface area contributed by atoms with Gasteiger partial charge in [0.15, 0.2) is 0 Å². The monoisotopic (exact) mass is 978 g/mol. The molecule has 2 atom stereocenters. The van der Waals surface area contributed by atoms with Crippen molar-refractivity contribution in [3.63, 3.8) is 0 Å². The van der Waals surface area contributed by atoms with Crippen LogP contribution in [0, 0.1) is 21.7 Å². The van der Waals surface area contributed by atoms with Crippen LogP contribution in [0.1, 0.15) is 83.1 Å². The minimum Gasteiger partial charge on any atom is -0.464 e. The van der Waals surface area contributed by atoms with E-state index in [4.69, 9.17) is 37.9 Å². The first kappa shape index (κ1) is 52.4. The number of esters is 7. The van der Waals surface area contributed by atoms with Crippen LogP contribution < -0.4 is 0 Å². The molecule has 0 rings (SSSR count). The number of hydrogen-bond donors (Lipinski definition) is 0. The molecular formula is C37H57Br3O15. The topological polar surface area (TPSA) is 193 Å². The van der Waals surface area contributed by atoms with Gasteiger partial charge in [-0.3, -0.25) is 33.6 Å². The minimum absolute atomic E-state index is 0.0113. The maximum absolute atomic E-state index is 13.7. The van der Waals surface area contributed by atoms with Crippen molar-refractivity contribution in [3.05, 3.63) is 12.7 Å². The van der Waals surface area contributed by atoms with Gasteiger partial charge < -0.3 is 37.9 Å². The highest BCUT2D eigenvalue weighted by Gasteiger charge is 2.47. The molecule has 0 fully saturated rings. The molecule has 0 N–H and O–H groups in total. The van der Waals surface area contributed by atoms with Gasteiger partial charge in [0.1, 0.15) is 75.5 Å². The third kappa shape index (κ3) is 18.5. The highest BCUT2D eigenvalue weighted by Crippen LogP contribution is 2.30. The van der Waals surface area contributed by atoms with Crippen molar-refractivity contribution in [2.24, 2.45) is 21.7 Å². The summed E-state index contributed by atoms with van der Waals surface area (Å²) in [5.74, 6) is -5.81. The second-order valence-electron chi connectivity index (χ2n) is 16.3. The van der Waals surface area contributed by atoms with E-state index in [0.717, 1.165) is 0 Å². The molecule has 18 heteroatoms. The molecular weight excluding hydrogens is 924 g/mol. The Labute approximate surface area is 349 Å². The van der Waals surface area contributed by atoms with Gasteiger partial charge in [0.2, 0.25) is 0 Å². The second-order valence-corrected chi connectivity index (χ2v) is 22.3. The summed E-state index contributed by atoms with van der Waals surface area (Å²) in [6.07, 6.45) is 1.50. The van der Waals surface area contributed by atoms with Crippen LogP contribution in [0.15, 0.2) is 12.7 Å². The van der Waals surface area contributed by atoms with E-state index in [1.807, 2.05) is 0 Å². The van der Waals surface area contributed by atoms with Crippen molar-refractivity contribution < 1.29 is 71.5 Å². The van der Waals surface area contributed by atoms with Gasteiger partial charge in [-0.2, -0.15) is 0 Å². The number of carbonyl (C=O) groups excluding carboxylic acids is 7. The lowest BCUT2D eigenvalue weighted by Gasteiger charge is -2.33. The first-order chi connectivity index (χ1) is 24.7. The SMILES string of the molecule is C=CCOCCOC(=O)C(C)(COC(=O)C(C)(COC(=O)C(C)(C)C)COC(=O)C(C)(C)Br)COC(=O)C(C)(COC(=O)C(C)(C)Br)COC(=O)C(C)(C)Br. The average molecular weight is 982 g/mol. The Balaban J connectivity index is 6.53. The standard InChI is InChI=1S/C37H57Br3O15/c1-14-15-48-16-17-49-28(45)35(11,22-54-29(46)36(12,18-50-24(41)31(2,3)4)19-51-25(42)32(5,6)38)23-55-30(47)37(13,20-52-26(43)33(7,8)39)21-53-27(44)34(9,10)40/h14H,1,15-23H2,2-13H3. The largest absolute Gasteiger partial charge is 0.464 e. The Morgan fingerprint density at radius 2 is 0.673 bits per heavy atom. The number of rotatable bonds is 23. The van der Waals surface area contributed by atoms with Gasteiger partial charge in [-0.05, 0) is 83.1 Å². The Morgan fingerprint density at radius 3 is 0.927 bits per heavy atom. The molecule has 0 aromatic carbocycles. The molecule has 0 spiro atoms. The van der Waals surface area contributed by atoms with E-state index in [1.54, 1.807) is 20.8 Å². The van der Waals surface area contributed by atoms with Crippen molar-refractivity contribution in [3.8, 4) is 0 Å². The van der Waals surface area contributed by atoms with E-state index < -0.39 is 116 Å². The Bertz CT molecular complexity index is 1240. The van der Waals surface area contributed by atoms with E-state index in [9.17, 15) is 33.6 Å². The lowest BCUT2D eigenvalue weighted by Crippen LogP contribution is -2.47. The molecule has 316 valence electrons. The van der Waals surface area contributed by atoms with Crippen molar-refractivity contribution in [2.45, 2.75) is 96.1 Å². The van der Waals surface area contributed by atoms with Crippen molar-refractivity contribution >= 4 is 89.6 Å². The summed E-state index contributed by atoms with van der Waals surface area (Å²) in [5, 5.41) is 0. The number of alkyl halides is 3. The second kappa shape index (κ2) is 21.3. The number of ether oxygens (including phenoxy) is 8. The summed E-state index contributed by atoms with van der Waals surface area (Å²) in [5.41, 5.74) is -6.33. The van der Waals surface area contributed by atoms with Crippen LogP contribution >= 0.6 is 47.8 Å². The molecule has 0 aliphatic rings. The fourth-order valence-electron chi connectivity index (χ4n) is 3.44. The maximum atomic E-state index is 13.7. The van der Waals surface area contributed by atoms with Crippen LogP contribution in [0.25, 0.3) is 0 Å². The molecule has 0 heterocycles. The zero-order chi connectivity index (χ0) is 43.3. The van der Waals surface area contributed by atoms with Crippen molar-refractivity contribution in [2.75, 3.05) is 59.5 Å². The molecule has 0 aliphatic heterocycles. The molecule has 0 radical (unpaired) electrons. The molecule has 0 aromatic rings. The van der Waals surface area contributed by atoms with Gasteiger partial charge in [0, 0.05) is 0 Å². The predicted molar refractivity (Wildman–Crippen MR) is 211 cm³/mol. The molecule has 0 saturated heterocycles. The van der Waals surface area contributed by atoms with Gasteiger partial charge in [-0.15, -0.1) is 6.58 Å². The summed E-state index contributed by atoms with van der Waals surface area (Å²) in [4.78, 5) is 91.4. The smallest absolute Gasteiger partial charge is 0.322 e. The first-order valence-corrected chi connectivity index (χ1v) is 19.6. The Kier molecular flexibility index (Phi) is 20.3. The van der Waals surface area contributed by atoms with Crippen molar-refractivity contribution in [1.82, 2.24) is 0 Å². The molecule has 0 bridgehead atoms. The van der Waals surface area contributed by atoms with E-state index in [0.29, 0.717) is 0 Å². The van der Waals surface area contributed by atoms with Crippen LogP contribution in [0.2, 0.25) is 0 Å². The van der Waals surface area contributed by atoms with Crippen LogP contribution in [-0.2, 0) is 71.5 Å². The maximum Gasteiger partial charge on any atom is 0.322 e. The zero-order valence-corrected chi connectivity index (χ0v) is 38.7. The third-order valence-corrected chi connectivity index (χ3v) is 8.35. The zero-order valence-electron chi connectivity index (χ0n) is 33.9. The van der Waals surface area contributed by atoms with Crippen molar-refractivity contribution in [1.29, 1.82) is 0 Å². The predicted octanol–water partition coefficient (Wildman–Crippen LogP) is 5.58. The van der Waals surface area contributed by atoms with Crippen LogP contribution in [0.3, 0.4) is 0 Å². The normalized spacial score (nSPS) is 14.6. The van der Waals surface area contributed by atoms with E-state index >= 15 is 0 Å². The molecule has 0 aromatic heterocycles. The highest BCUT2D eigenvalue weighted by molar-refractivity contribution is 9.10. The summed E-state index contributed by atoms with van der Waals surface area (Å²) < 4.78 is 40.0. The molecule has 2 unspecified atom stereocenters. The number of hydrogen-bond acceptors (Lipinski definition) is 15. The van der Waals surface area contributed by atoms with Gasteiger partial charge in [-0.1, -0.05) is 53.9 Å². The summed E-state index contributed by atoms with van der Waals surface area (Å²) in [6.45, 7) is 17.8. The van der Waals surface area contributed by atoms with Gasteiger partial charge in [-0.25, -0.2) is 0 Å². The summed E-state index contributed by atoms with van der Waals surface area (Å²) in [7, 11) is 0. The van der Waals surface area contributed by atoms with Gasteiger partial charge >= 0.3 is 41.8 Å². The molecule has 15 nitrogen and oxygen atoms in total.